The van der Waals surface area contributed by atoms with Crippen LogP contribution in [0.5, 0.6) is 5.75 Å². The third-order valence-electron chi connectivity index (χ3n) is 5.60. The number of fused-ring (bicyclic) bond motifs is 1. The van der Waals surface area contributed by atoms with Crippen LogP contribution in [0.3, 0.4) is 0 Å². The minimum atomic E-state index is -0.224. The molecule has 2 N–H and O–H groups in total. The van der Waals surface area contributed by atoms with Gasteiger partial charge in [0.05, 0.1) is 19.3 Å². The first kappa shape index (κ1) is 21.4. The second kappa shape index (κ2) is 9.54. The third-order valence-corrected chi connectivity index (χ3v) is 6.10. The predicted octanol–water partition coefficient (Wildman–Crippen LogP) is 4.12. The lowest BCUT2D eigenvalue weighted by Crippen LogP contribution is -3.15. The van der Waals surface area contributed by atoms with Crippen LogP contribution in [-0.2, 0) is 9.53 Å². The highest BCUT2D eigenvalue weighted by Gasteiger charge is 2.42. The summed E-state index contributed by atoms with van der Waals surface area (Å²) in [6.45, 7) is 2.41. The Hall–Kier alpha value is -2.83. The van der Waals surface area contributed by atoms with Crippen LogP contribution in [0.25, 0.3) is 0 Å². The summed E-state index contributed by atoms with van der Waals surface area (Å²) in [6, 6.07) is 24.4. The Balaban J connectivity index is 1.90. The van der Waals surface area contributed by atoms with Gasteiger partial charge in [0, 0.05) is 21.3 Å². The van der Waals surface area contributed by atoms with Crippen LogP contribution in [0.4, 0.5) is 5.69 Å². The van der Waals surface area contributed by atoms with E-state index in [-0.39, 0.29) is 24.7 Å². The molecule has 0 saturated carbocycles. The summed E-state index contributed by atoms with van der Waals surface area (Å²) in [5.41, 5.74) is 4.31. The van der Waals surface area contributed by atoms with E-state index in [1.165, 1.54) is 0 Å². The summed E-state index contributed by atoms with van der Waals surface area (Å²) in [7, 11) is 1.67. The molecule has 0 aliphatic carbocycles. The molecule has 0 radical (unpaired) electrons. The molecular weight excluding hydrogens is 456 g/mol. The maximum atomic E-state index is 12.7. The molecule has 0 fully saturated rings. The lowest BCUT2D eigenvalue weighted by Gasteiger charge is -2.41. The topological polar surface area (TPSA) is 52.0 Å². The molecule has 1 heterocycles. The van der Waals surface area contributed by atoms with Crippen LogP contribution in [0.15, 0.2) is 77.3 Å². The number of halogens is 1. The van der Waals surface area contributed by atoms with Crippen LogP contribution >= 0.6 is 15.9 Å². The van der Waals surface area contributed by atoms with Gasteiger partial charge in [-0.2, -0.15) is 0 Å². The molecule has 6 heteroatoms. The van der Waals surface area contributed by atoms with E-state index in [2.05, 4.69) is 45.5 Å². The quantitative estimate of drug-likeness (QED) is 0.520. The van der Waals surface area contributed by atoms with Gasteiger partial charge in [0.2, 0.25) is 0 Å². The number of anilines is 1. The number of carbonyl (C=O) groups is 1. The normalized spacial score (nSPS) is 19.8. The number of para-hydroxylation sites is 1. The van der Waals surface area contributed by atoms with Gasteiger partial charge in [-0.15, -0.1) is 0 Å². The van der Waals surface area contributed by atoms with Gasteiger partial charge in [-0.3, -0.25) is 4.90 Å². The minimum absolute atomic E-state index is 0.0609. The number of hydrogen-bond acceptors (Lipinski definition) is 4. The number of hydrogen-bond donors (Lipinski definition) is 2. The van der Waals surface area contributed by atoms with Crippen LogP contribution in [0.1, 0.15) is 35.8 Å². The van der Waals surface area contributed by atoms with Gasteiger partial charge in [0.15, 0.2) is 12.7 Å². The fourth-order valence-electron chi connectivity index (χ4n) is 4.32. The van der Waals surface area contributed by atoms with Gasteiger partial charge in [-0.1, -0.05) is 58.4 Å². The zero-order valence-electron chi connectivity index (χ0n) is 17.6. The average molecular weight is 482 g/mol. The molecule has 1 unspecified atom stereocenters. The summed E-state index contributed by atoms with van der Waals surface area (Å²) in [4.78, 5) is 13.7. The number of methoxy groups -OCH3 is 1. The van der Waals surface area contributed by atoms with Crippen LogP contribution in [0.2, 0.25) is 0 Å². The summed E-state index contributed by atoms with van der Waals surface area (Å²) in [5, 5.41) is 3.67. The number of esters is 1. The Morgan fingerprint density at radius 3 is 2.52 bits per heavy atom. The second-order valence-corrected chi connectivity index (χ2v) is 8.37. The standard InChI is InChI=1S/C25H25BrN2O3/c1-3-31-23(29)16-28-24(17-9-5-4-6-10-17)20-15-18(26)13-14-21(20)27-25(28)19-11-7-8-12-22(19)30-2/h4-15,24-25,27H,3,16H2,1-2H3/p+1/t24-,25+/m1/s1. The lowest BCUT2D eigenvalue weighted by atomic mass is 9.91. The molecule has 0 bridgehead atoms. The molecule has 0 spiro atoms. The number of quaternary nitrogens is 1. The summed E-state index contributed by atoms with van der Waals surface area (Å²) < 4.78 is 12.0. The van der Waals surface area contributed by atoms with E-state index in [1.54, 1.807) is 7.11 Å². The Bertz CT molecular complexity index is 1060. The van der Waals surface area contributed by atoms with E-state index in [1.807, 2.05) is 55.5 Å². The first-order chi connectivity index (χ1) is 15.1. The Morgan fingerprint density at radius 2 is 1.77 bits per heavy atom. The maximum Gasteiger partial charge on any atom is 0.361 e. The van der Waals surface area contributed by atoms with E-state index in [9.17, 15) is 4.79 Å². The molecule has 31 heavy (non-hydrogen) atoms. The van der Waals surface area contributed by atoms with Crippen molar-refractivity contribution >= 4 is 27.6 Å². The van der Waals surface area contributed by atoms with Crippen molar-refractivity contribution in [2.75, 3.05) is 25.6 Å². The second-order valence-electron chi connectivity index (χ2n) is 7.45. The van der Waals surface area contributed by atoms with Crippen LogP contribution in [-0.4, -0.2) is 26.2 Å². The zero-order valence-corrected chi connectivity index (χ0v) is 19.2. The third kappa shape index (κ3) is 4.45. The van der Waals surface area contributed by atoms with Crippen molar-refractivity contribution in [2.45, 2.75) is 19.1 Å². The first-order valence-electron chi connectivity index (χ1n) is 10.4. The molecule has 1 aliphatic heterocycles. The number of carbonyl (C=O) groups excluding carboxylic acids is 1. The summed E-state index contributed by atoms with van der Waals surface area (Å²) in [6.07, 6.45) is -0.195. The van der Waals surface area contributed by atoms with Gasteiger partial charge in [0.25, 0.3) is 0 Å². The van der Waals surface area contributed by atoms with Crippen molar-refractivity contribution in [3.8, 4) is 5.75 Å². The number of ether oxygens (including phenoxy) is 2. The highest BCUT2D eigenvalue weighted by Crippen LogP contribution is 2.36. The Kier molecular flexibility index (Phi) is 6.59. The zero-order chi connectivity index (χ0) is 21.8. The van der Waals surface area contributed by atoms with Crippen molar-refractivity contribution < 1.29 is 19.2 Å². The maximum absolute atomic E-state index is 12.7. The molecule has 3 aromatic rings. The monoisotopic (exact) mass is 481 g/mol. The van der Waals surface area contributed by atoms with Crippen molar-refractivity contribution in [3.63, 3.8) is 0 Å². The molecule has 5 nitrogen and oxygen atoms in total. The fourth-order valence-corrected chi connectivity index (χ4v) is 4.70. The molecule has 0 amide bonds. The molecule has 3 atom stereocenters. The molecule has 1 aliphatic rings. The minimum Gasteiger partial charge on any atom is -0.496 e. The van der Waals surface area contributed by atoms with E-state index in [0.717, 1.165) is 37.5 Å². The molecule has 0 aromatic heterocycles. The SMILES string of the molecule is CCOC(=O)C[NH+]1[C@H](c2ccccc2)c2cc(Br)ccc2N[C@@H]1c1ccccc1OC. The van der Waals surface area contributed by atoms with Crippen molar-refractivity contribution in [3.05, 3.63) is 94.0 Å². The fraction of sp³-hybridized carbons (Fsp3) is 0.240. The van der Waals surface area contributed by atoms with Crippen molar-refractivity contribution in [1.82, 2.24) is 0 Å². The highest BCUT2D eigenvalue weighted by atomic mass is 79.9. The van der Waals surface area contributed by atoms with Crippen LogP contribution < -0.4 is 15.0 Å². The first-order valence-corrected chi connectivity index (χ1v) is 11.2. The number of benzene rings is 3. The Morgan fingerprint density at radius 1 is 1.03 bits per heavy atom. The average Bonchev–Trinajstić information content (AvgIpc) is 2.79. The molecule has 0 saturated heterocycles. The molecule has 160 valence electrons. The lowest BCUT2D eigenvalue weighted by molar-refractivity contribution is -0.947. The van der Waals surface area contributed by atoms with Gasteiger partial charge >= 0.3 is 5.97 Å². The molecule has 4 rings (SSSR count). The van der Waals surface area contributed by atoms with E-state index in [4.69, 9.17) is 9.47 Å². The van der Waals surface area contributed by atoms with Crippen LogP contribution in [0, 0.1) is 0 Å². The smallest absolute Gasteiger partial charge is 0.361 e. The number of rotatable bonds is 6. The predicted molar refractivity (Wildman–Crippen MR) is 124 cm³/mol. The molecule has 3 aromatic carbocycles. The highest BCUT2D eigenvalue weighted by molar-refractivity contribution is 9.10. The summed E-state index contributed by atoms with van der Waals surface area (Å²) >= 11 is 3.62. The van der Waals surface area contributed by atoms with E-state index < -0.39 is 0 Å². The van der Waals surface area contributed by atoms with Crippen molar-refractivity contribution in [2.24, 2.45) is 0 Å². The van der Waals surface area contributed by atoms with Gasteiger partial charge in [0.1, 0.15) is 11.8 Å². The largest absolute Gasteiger partial charge is 0.496 e. The van der Waals surface area contributed by atoms with Gasteiger partial charge in [-0.05, 0) is 37.3 Å². The summed E-state index contributed by atoms with van der Waals surface area (Å²) in [5.74, 6) is 0.562. The Labute approximate surface area is 191 Å². The van der Waals surface area contributed by atoms with Crippen molar-refractivity contribution in [1.29, 1.82) is 0 Å². The van der Waals surface area contributed by atoms with Gasteiger partial charge in [-0.25, -0.2) is 4.79 Å². The molecular formula is C25H26BrN2O3+. The van der Waals surface area contributed by atoms with Gasteiger partial charge < -0.3 is 14.8 Å². The van der Waals surface area contributed by atoms with E-state index in [0.29, 0.717) is 6.61 Å². The number of nitrogens with one attached hydrogen (secondary N) is 2. The van der Waals surface area contributed by atoms with E-state index >= 15 is 0 Å².